The molecule has 1 aliphatic heterocycles. The number of nitrogens with one attached hydrogen (secondary N) is 2. The lowest BCUT2D eigenvalue weighted by atomic mass is 10.0. The second kappa shape index (κ2) is 11.6. The van der Waals surface area contributed by atoms with Crippen molar-refractivity contribution in [1.29, 1.82) is 0 Å². The number of likely N-dealkylation sites (N-methyl/N-ethyl adjacent to an activating group) is 2. The lowest BCUT2D eigenvalue weighted by Crippen LogP contribution is -2.45. The summed E-state index contributed by atoms with van der Waals surface area (Å²) in [4.78, 5) is 29.6. The molecule has 0 radical (unpaired) electrons. The summed E-state index contributed by atoms with van der Waals surface area (Å²) in [6.07, 6.45) is -0.0955. The van der Waals surface area contributed by atoms with Gasteiger partial charge in [-0.15, -0.1) is 0 Å². The number of fused-ring (bicyclic) bond motifs is 1. The first-order valence-corrected chi connectivity index (χ1v) is 11.6. The molecule has 0 aromatic heterocycles. The van der Waals surface area contributed by atoms with Crippen LogP contribution in [0.15, 0.2) is 42.5 Å². The highest BCUT2D eigenvalue weighted by atomic mass is 35.5. The van der Waals surface area contributed by atoms with E-state index in [1.807, 2.05) is 0 Å². The van der Waals surface area contributed by atoms with E-state index in [2.05, 4.69) is 36.4 Å². The minimum atomic E-state index is -0.449. The fourth-order valence-electron chi connectivity index (χ4n) is 3.88. The Hall–Kier alpha value is -2.81. The zero-order chi connectivity index (χ0) is 24.8. The number of carbonyl (C=O) groups excluding carboxylic acids is 2. The van der Waals surface area contributed by atoms with Crippen LogP contribution in [-0.4, -0.2) is 74.8 Å². The van der Waals surface area contributed by atoms with Crippen LogP contribution in [0.2, 0.25) is 5.02 Å². The van der Waals surface area contributed by atoms with Crippen molar-refractivity contribution in [3.8, 4) is 5.75 Å². The normalized spacial score (nSPS) is 22.1. The van der Waals surface area contributed by atoms with Gasteiger partial charge in [0.15, 0.2) is 0 Å². The summed E-state index contributed by atoms with van der Waals surface area (Å²) in [5.41, 5.74) is 1.42. The van der Waals surface area contributed by atoms with Crippen LogP contribution in [0, 0.1) is 5.92 Å². The molecule has 3 rings (SSSR count). The molecule has 1 heterocycles. The number of benzene rings is 2. The van der Waals surface area contributed by atoms with E-state index in [9.17, 15) is 9.59 Å². The van der Waals surface area contributed by atoms with Gasteiger partial charge in [-0.25, -0.2) is 4.79 Å². The van der Waals surface area contributed by atoms with E-state index in [4.69, 9.17) is 21.1 Å². The smallest absolute Gasteiger partial charge is 0.323 e. The molecule has 34 heavy (non-hydrogen) atoms. The zero-order valence-corrected chi connectivity index (χ0v) is 21.1. The maximum absolute atomic E-state index is 13.2. The number of urea groups is 1. The van der Waals surface area contributed by atoms with Gasteiger partial charge in [-0.1, -0.05) is 30.7 Å². The van der Waals surface area contributed by atoms with Crippen LogP contribution < -0.4 is 15.4 Å². The van der Waals surface area contributed by atoms with Gasteiger partial charge in [-0.05, 0) is 44.2 Å². The topological polar surface area (TPSA) is 83.1 Å². The molecular formula is C25H33ClN4O4. The maximum atomic E-state index is 13.2. The summed E-state index contributed by atoms with van der Waals surface area (Å²) in [6.45, 7) is 5.86. The summed E-state index contributed by atoms with van der Waals surface area (Å²) >= 11 is 6.12. The average molecular weight is 489 g/mol. The van der Waals surface area contributed by atoms with Gasteiger partial charge >= 0.3 is 6.03 Å². The number of carbonyl (C=O) groups is 2. The molecule has 0 aliphatic carbocycles. The Labute approximate surface area is 206 Å². The third-order valence-corrected chi connectivity index (χ3v) is 6.47. The van der Waals surface area contributed by atoms with Gasteiger partial charge < -0.3 is 25.0 Å². The third kappa shape index (κ3) is 6.40. The second-order valence-corrected chi connectivity index (χ2v) is 9.21. The zero-order valence-electron chi connectivity index (χ0n) is 20.3. The van der Waals surface area contributed by atoms with Crippen molar-refractivity contribution in [2.75, 3.05) is 51.5 Å². The van der Waals surface area contributed by atoms with Crippen molar-refractivity contribution in [1.82, 2.24) is 9.80 Å². The quantitative estimate of drug-likeness (QED) is 0.668. The van der Waals surface area contributed by atoms with Crippen LogP contribution in [-0.2, 0) is 4.74 Å². The summed E-state index contributed by atoms with van der Waals surface area (Å²) in [5.74, 6) is 0.475. The molecule has 0 saturated carbocycles. The molecule has 0 bridgehead atoms. The molecule has 2 N–H and O–H groups in total. The Morgan fingerprint density at radius 3 is 2.56 bits per heavy atom. The summed E-state index contributed by atoms with van der Waals surface area (Å²) in [6, 6.07) is 11.7. The van der Waals surface area contributed by atoms with Crippen molar-refractivity contribution < 1.29 is 19.1 Å². The predicted molar refractivity (Wildman–Crippen MR) is 135 cm³/mol. The number of methoxy groups -OCH3 is 1. The minimum absolute atomic E-state index is 0.0955. The van der Waals surface area contributed by atoms with Crippen molar-refractivity contribution >= 4 is 34.9 Å². The number of anilines is 2. The highest BCUT2D eigenvalue weighted by Gasteiger charge is 2.27. The fourth-order valence-corrected chi connectivity index (χ4v) is 4.06. The Morgan fingerprint density at radius 1 is 1.12 bits per heavy atom. The average Bonchev–Trinajstić information content (AvgIpc) is 2.81. The van der Waals surface area contributed by atoms with Crippen LogP contribution in [0.25, 0.3) is 0 Å². The molecule has 184 valence electrons. The maximum Gasteiger partial charge on any atom is 0.323 e. The van der Waals surface area contributed by atoms with Crippen LogP contribution in [0.5, 0.6) is 5.75 Å². The summed E-state index contributed by atoms with van der Waals surface area (Å²) in [7, 11) is 5.49. The number of hydrogen-bond acceptors (Lipinski definition) is 5. The van der Waals surface area contributed by atoms with E-state index >= 15 is 0 Å². The fraction of sp³-hybridized carbons (Fsp3) is 0.440. The number of amides is 3. The molecule has 3 atom stereocenters. The molecule has 9 heteroatoms. The van der Waals surface area contributed by atoms with E-state index in [0.29, 0.717) is 40.9 Å². The van der Waals surface area contributed by atoms with Crippen LogP contribution in [0.3, 0.4) is 0 Å². The molecule has 2 aromatic carbocycles. The molecule has 8 nitrogen and oxygen atoms in total. The minimum Gasteiger partial charge on any atom is -0.491 e. The molecule has 0 saturated heterocycles. The number of para-hydroxylation sites is 1. The lowest BCUT2D eigenvalue weighted by molar-refractivity contribution is 0.0150. The highest BCUT2D eigenvalue weighted by molar-refractivity contribution is 6.33. The van der Waals surface area contributed by atoms with Gasteiger partial charge in [0.25, 0.3) is 5.91 Å². The van der Waals surface area contributed by atoms with Gasteiger partial charge in [-0.2, -0.15) is 0 Å². The molecular weight excluding hydrogens is 456 g/mol. The Balaban J connectivity index is 1.84. The van der Waals surface area contributed by atoms with Gasteiger partial charge in [-0.3, -0.25) is 9.69 Å². The monoisotopic (exact) mass is 488 g/mol. The molecule has 0 unspecified atom stereocenters. The van der Waals surface area contributed by atoms with Crippen molar-refractivity contribution in [3.63, 3.8) is 0 Å². The predicted octanol–water partition coefficient (Wildman–Crippen LogP) is 4.42. The number of hydrogen-bond donors (Lipinski definition) is 2. The van der Waals surface area contributed by atoms with E-state index in [1.165, 1.54) is 0 Å². The van der Waals surface area contributed by atoms with Gasteiger partial charge in [0, 0.05) is 45.0 Å². The first-order chi connectivity index (χ1) is 16.2. The van der Waals surface area contributed by atoms with Crippen LogP contribution in [0.4, 0.5) is 16.2 Å². The first kappa shape index (κ1) is 25.8. The van der Waals surface area contributed by atoms with E-state index in [1.54, 1.807) is 61.5 Å². The SMILES string of the molecule is CO[C@@H]1CN(C)C(=O)c2ccc(NC(=O)Nc3ccccc3Cl)cc2OC[C@@H](C)N(C)C[C@H]1C. The summed E-state index contributed by atoms with van der Waals surface area (Å²) < 4.78 is 11.8. The highest BCUT2D eigenvalue weighted by Crippen LogP contribution is 2.27. The van der Waals surface area contributed by atoms with Crippen molar-refractivity contribution in [2.24, 2.45) is 5.92 Å². The van der Waals surface area contributed by atoms with E-state index in [-0.39, 0.29) is 24.0 Å². The second-order valence-electron chi connectivity index (χ2n) is 8.81. The Kier molecular flexibility index (Phi) is 8.77. The number of ether oxygens (including phenoxy) is 2. The van der Waals surface area contributed by atoms with Crippen molar-refractivity contribution in [3.05, 3.63) is 53.1 Å². The van der Waals surface area contributed by atoms with Crippen LogP contribution in [0.1, 0.15) is 24.2 Å². The molecule has 0 spiro atoms. The third-order valence-electron chi connectivity index (χ3n) is 6.14. The Morgan fingerprint density at radius 2 is 1.85 bits per heavy atom. The molecule has 2 aromatic rings. The molecule has 1 aliphatic rings. The van der Waals surface area contributed by atoms with Crippen molar-refractivity contribution in [2.45, 2.75) is 26.0 Å². The van der Waals surface area contributed by atoms with Gasteiger partial charge in [0.1, 0.15) is 12.4 Å². The number of halogens is 1. The van der Waals surface area contributed by atoms with Gasteiger partial charge in [0.05, 0.1) is 22.4 Å². The molecule has 0 fully saturated rings. The lowest BCUT2D eigenvalue weighted by Gasteiger charge is -2.34. The largest absolute Gasteiger partial charge is 0.491 e. The number of rotatable bonds is 3. The molecule has 3 amide bonds. The summed E-state index contributed by atoms with van der Waals surface area (Å²) in [5, 5.41) is 5.94. The van der Waals surface area contributed by atoms with E-state index in [0.717, 1.165) is 6.54 Å². The van der Waals surface area contributed by atoms with Gasteiger partial charge in [0.2, 0.25) is 0 Å². The first-order valence-electron chi connectivity index (χ1n) is 11.3. The standard InChI is InChI=1S/C25H33ClN4O4/c1-16-13-29(3)17(2)15-34-22-12-18(27-25(32)28-21-9-7-6-8-20(21)26)10-11-19(22)24(31)30(4)14-23(16)33-5/h6-12,16-17,23H,13-15H2,1-5H3,(H2,27,28,32)/t16-,17-,23-/m1/s1. The Bertz CT molecular complexity index is 1020. The van der Waals surface area contributed by atoms with E-state index < -0.39 is 6.03 Å². The van der Waals surface area contributed by atoms with Crippen LogP contribution >= 0.6 is 11.6 Å². The number of nitrogens with zero attached hydrogens (tertiary/aromatic N) is 2.